The van der Waals surface area contributed by atoms with Crippen LogP contribution in [0.1, 0.15) is 37.6 Å². The van der Waals surface area contributed by atoms with Crippen LogP contribution in [0.3, 0.4) is 0 Å². The molecule has 0 N–H and O–H groups in total. The predicted octanol–water partition coefficient (Wildman–Crippen LogP) is 4.26. The van der Waals surface area contributed by atoms with Gasteiger partial charge in [0.25, 0.3) is 0 Å². The Morgan fingerprint density at radius 1 is 1.06 bits per heavy atom. The predicted molar refractivity (Wildman–Crippen MR) is 70.1 cm³/mol. The molecule has 0 fully saturated rings. The average Bonchev–Trinajstić information content (AvgIpc) is 2.63. The van der Waals surface area contributed by atoms with Gasteiger partial charge in [0.2, 0.25) is 0 Å². The van der Waals surface area contributed by atoms with Gasteiger partial charge < -0.3 is 4.52 Å². The second-order valence-corrected chi connectivity index (χ2v) is 5.61. The largest absolute Gasteiger partial charge is 0.356 e. The number of rotatable bonds is 1. The molecule has 0 aliphatic carbocycles. The van der Waals surface area contributed by atoms with Crippen LogP contribution < -0.4 is 0 Å². The Bertz CT molecular complexity index is 532. The minimum atomic E-state index is 0.150. The monoisotopic (exact) mass is 229 g/mol. The summed E-state index contributed by atoms with van der Waals surface area (Å²) >= 11 is 0. The summed E-state index contributed by atoms with van der Waals surface area (Å²) < 4.78 is 5.35. The van der Waals surface area contributed by atoms with Gasteiger partial charge in [-0.1, -0.05) is 38.1 Å². The van der Waals surface area contributed by atoms with Crippen molar-refractivity contribution in [3.05, 3.63) is 41.1 Å². The molecule has 0 unspecified atom stereocenters. The lowest BCUT2D eigenvalue weighted by Gasteiger charge is -2.20. The van der Waals surface area contributed by atoms with Gasteiger partial charge in [-0.3, -0.25) is 0 Å². The van der Waals surface area contributed by atoms with Crippen LogP contribution in [0.5, 0.6) is 0 Å². The van der Waals surface area contributed by atoms with Crippen molar-refractivity contribution in [2.45, 2.75) is 40.0 Å². The van der Waals surface area contributed by atoms with E-state index in [0.29, 0.717) is 0 Å². The molecule has 1 heterocycles. The average molecular weight is 229 g/mol. The van der Waals surface area contributed by atoms with Crippen molar-refractivity contribution < 1.29 is 4.52 Å². The van der Waals surface area contributed by atoms with Crippen LogP contribution in [0.15, 0.2) is 28.8 Å². The first-order valence-electron chi connectivity index (χ1n) is 5.93. The normalized spacial score (nSPS) is 11.8. The maximum absolute atomic E-state index is 5.35. The second-order valence-electron chi connectivity index (χ2n) is 5.61. The van der Waals surface area contributed by atoms with E-state index >= 15 is 0 Å². The van der Waals surface area contributed by atoms with Crippen LogP contribution in [0.4, 0.5) is 0 Å². The highest BCUT2D eigenvalue weighted by molar-refractivity contribution is 5.63. The van der Waals surface area contributed by atoms with Crippen LogP contribution in [-0.2, 0) is 5.41 Å². The molecule has 90 valence electrons. The summed E-state index contributed by atoms with van der Waals surface area (Å²) in [5, 5.41) is 3.95. The van der Waals surface area contributed by atoms with E-state index in [4.69, 9.17) is 4.52 Å². The van der Waals surface area contributed by atoms with E-state index in [0.717, 1.165) is 17.0 Å². The lowest BCUT2D eigenvalue weighted by Crippen LogP contribution is -2.11. The van der Waals surface area contributed by atoms with E-state index in [9.17, 15) is 0 Å². The summed E-state index contributed by atoms with van der Waals surface area (Å²) in [6.07, 6.45) is 0. The van der Waals surface area contributed by atoms with Crippen LogP contribution in [0.25, 0.3) is 11.3 Å². The molecule has 0 atom stereocenters. The van der Waals surface area contributed by atoms with Gasteiger partial charge in [0.15, 0.2) is 5.76 Å². The molecule has 0 bridgehead atoms. The highest BCUT2D eigenvalue weighted by Gasteiger charge is 2.16. The second kappa shape index (κ2) is 4.02. The lowest BCUT2D eigenvalue weighted by molar-refractivity contribution is 0.427. The molecule has 17 heavy (non-hydrogen) atoms. The molecule has 2 nitrogen and oxygen atoms in total. The van der Waals surface area contributed by atoms with Crippen molar-refractivity contribution in [3.8, 4) is 11.3 Å². The number of benzene rings is 1. The van der Waals surface area contributed by atoms with Gasteiger partial charge in [-0.05, 0) is 36.5 Å². The van der Waals surface area contributed by atoms with Crippen LogP contribution in [0, 0.1) is 13.8 Å². The molecule has 0 radical (unpaired) electrons. The topological polar surface area (TPSA) is 26.0 Å². The molecule has 0 aliphatic heterocycles. The van der Waals surface area contributed by atoms with E-state index in [1.54, 1.807) is 0 Å². The van der Waals surface area contributed by atoms with Crippen molar-refractivity contribution in [1.29, 1.82) is 0 Å². The Hall–Kier alpha value is -1.57. The third kappa shape index (κ3) is 2.41. The summed E-state index contributed by atoms with van der Waals surface area (Å²) in [5.74, 6) is 0.853. The van der Waals surface area contributed by atoms with Gasteiger partial charge in [-0.25, -0.2) is 0 Å². The third-order valence-electron chi connectivity index (χ3n) is 3.00. The minimum Gasteiger partial charge on any atom is -0.356 e. The van der Waals surface area contributed by atoms with Crippen molar-refractivity contribution >= 4 is 0 Å². The smallest absolute Gasteiger partial charge is 0.167 e. The van der Waals surface area contributed by atoms with E-state index in [1.165, 1.54) is 11.1 Å². The molecule has 0 spiro atoms. The van der Waals surface area contributed by atoms with E-state index in [2.05, 4.69) is 51.1 Å². The number of aryl methyl sites for hydroxylation is 2. The first-order chi connectivity index (χ1) is 7.88. The van der Waals surface area contributed by atoms with Crippen LogP contribution >= 0.6 is 0 Å². The van der Waals surface area contributed by atoms with Crippen molar-refractivity contribution in [2.24, 2.45) is 0 Å². The van der Waals surface area contributed by atoms with Gasteiger partial charge in [-0.15, -0.1) is 0 Å². The molecular formula is C15H19NO. The lowest BCUT2D eigenvalue weighted by atomic mass is 9.85. The molecule has 0 saturated carbocycles. The molecule has 1 aromatic carbocycles. The fourth-order valence-corrected chi connectivity index (χ4v) is 1.84. The molecule has 2 rings (SSSR count). The summed E-state index contributed by atoms with van der Waals surface area (Å²) in [6, 6.07) is 8.51. The highest BCUT2D eigenvalue weighted by Crippen LogP contribution is 2.30. The number of hydrogen-bond donors (Lipinski definition) is 0. The highest BCUT2D eigenvalue weighted by atomic mass is 16.5. The van der Waals surface area contributed by atoms with E-state index in [-0.39, 0.29) is 5.41 Å². The summed E-state index contributed by atoms with van der Waals surface area (Å²) in [7, 11) is 0. The maximum Gasteiger partial charge on any atom is 0.167 e. The van der Waals surface area contributed by atoms with Crippen molar-refractivity contribution in [1.82, 2.24) is 5.16 Å². The Morgan fingerprint density at radius 3 is 2.29 bits per heavy atom. The standard InChI is InChI=1S/C15H19NO/c1-10-6-7-12(15(3,4)5)9-13(10)14-8-11(2)16-17-14/h6-9H,1-5H3. The molecule has 0 amide bonds. The number of aromatic nitrogens is 1. The molecule has 1 aromatic heterocycles. The van der Waals surface area contributed by atoms with Crippen molar-refractivity contribution in [3.63, 3.8) is 0 Å². The van der Waals surface area contributed by atoms with Crippen LogP contribution in [0.2, 0.25) is 0 Å². The summed E-state index contributed by atoms with van der Waals surface area (Å²) in [5.41, 5.74) is 4.73. The maximum atomic E-state index is 5.35. The fraction of sp³-hybridized carbons (Fsp3) is 0.400. The van der Waals surface area contributed by atoms with Gasteiger partial charge in [0.1, 0.15) is 0 Å². The zero-order chi connectivity index (χ0) is 12.6. The van der Waals surface area contributed by atoms with Gasteiger partial charge in [0.05, 0.1) is 5.69 Å². The molecule has 0 saturated heterocycles. The fourth-order valence-electron chi connectivity index (χ4n) is 1.84. The van der Waals surface area contributed by atoms with Gasteiger partial charge >= 0.3 is 0 Å². The first kappa shape index (κ1) is 11.9. The SMILES string of the molecule is Cc1cc(-c2cc(C(C)(C)C)ccc2C)on1. The molecule has 0 aliphatic rings. The Kier molecular flexibility index (Phi) is 2.82. The minimum absolute atomic E-state index is 0.150. The zero-order valence-corrected chi connectivity index (χ0v) is 11.2. The van der Waals surface area contributed by atoms with Crippen molar-refractivity contribution in [2.75, 3.05) is 0 Å². The molecule has 2 aromatic rings. The Balaban J connectivity index is 2.54. The van der Waals surface area contributed by atoms with Gasteiger partial charge in [0, 0.05) is 11.6 Å². The van der Waals surface area contributed by atoms with E-state index in [1.807, 2.05) is 13.0 Å². The Labute approximate surface area is 103 Å². The molecular weight excluding hydrogens is 210 g/mol. The van der Waals surface area contributed by atoms with Gasteiger partial charge in [-0.2, -0.15) is 0 Å². The molecule has 2 heteroatoms. The van der Waals surface area contributed by atoms with E-state index < -0.39 is 0 Å². The number of hydrogen-bond acceptors (Lipinski definition) is 2. The third-order valence-corrected chi connectivity index (χ3v) is 3.00. The first-order valence-corrected chi connectivity index (χ1v) is 5.93. The summed E-state index contributed by atoms with van der Waals surface area (Å²) in [6.45, 7) is 10.7. The number of nitrogens with zero attached hydrogens (tertiary/aromatic N) is 1. The summed E-state index contributed by atoms with van der Waals surface area (Å²) in [4.78, 5) is 0. The Morgan fingerprint density at radius 2 is 1.76 bits per heavy atom. The quantitative estimate of drug-likeness (QED) is 0.730. The zero-order valence-electron chi connectivity index (χ0n) is 11.2. The van der Waals surface area contributed by atoms with Crippen LogP contribution in [-0.4, -0.2) is 5.16 Å².